The summed E-state index contributed by atoms with van der Waals surface area (Å²) in [4.78, 5) is 25.0. The summed E-state index contributed by atoms with van der Waals surface area (Å²) in [5.74, 6) is -0.101. The molecule has 0 aliphatic carbocycles. The Bertz CT molecular complexity index is 1370. The Labute approximate surface area is 196 Å². The summed E-state index contributed by atoms with van der Waals surface area (Å²) >= 11 is 6.02. The van der Waals surface area contributed by atoms with Crippen molar-refractivity contribution in [2.24, 2.45) is 5.92 Å². The lowest BCUT2D eigenvalue weighted by Gasteiger charge is -2.19. The molecule has 2 aromatic heterocycles. The summed E-state index contributed by atoms with van der Waals surface area (Å²) in [5, 5.41) is 14.6. The smallest absolute Gasteiger partial charge is 0.339 e. The molecule has 0 saturated heterocycles. The Balaban J connectivity index is 1.68. The molecule has 6 nitrogen and oxygen atoms in total. The molecule has 7 heteroatoms. The molecule has 4 aromatic rings. The molecule has 33 heavy (non-hydrogen) atoms. The number of rotatable bonds is 7. The topological polar surface area (TPSA) is 92.7 Å². The van der Waals surface area contributed by atoms with Crippen LogP contribution in [0, 0.1) is 12.8 Å². The molecule has 1 atom stereocenters. The van der Waals surface area contributed by atoms with E-state index in [2.05, 4.69) is 5.32 Å². The van der Waals surface area contributed by atoms with Crippen LogP contribution in [0.5, 0.6) is 0 Å². The van der Waals surface area contributed by atoms with Gasteiger partial charge < -0.3 is 19.3 Å². The minimum absolute atomic E-state index is 0.110. The number of furan rings is 1. The summed E-state index contributed by atoms with van der Waals surface area (Å²) < 4.78 is 11.3. The second kappa shape index (κ2) is 9.41. The van der Waals surface area contributed by atoms with Gasteiger partial charge in [-0.2, -0.15) is 0 Å². The van der Waals surface area contributed by atoms with E-state index in [4.69, 9.17) is 20.4 Å². The highest BCUT2D eigenvalue weighted by Gasteiger charge is 2.18. The van der Waals surface area contributed by atoms with Crippen molar-refractivity contribution >= 4 is 39.4 Å². The van der Waals surface area contributed by atoms with Crippen molar-refractivity contribution in [2.75, 3.05) is 6.61 Å². The van der Waals surface area contributed by atoms with E-state index in [9.17, 15) is 14.7 Å². The summed E-state index contributed by atoms with van der Waals surface area (Å²) in [6.07, 6.45) is 2.06. The van der Waals surface area contributed by atoms with Gasteiger partial charge in [0, 0.05) is 39.4 Å². The van der Waals surface area contributed by atoms with Crippen molar-refractivity contribution < 1.29 is 18.7 Å². The van der Waals surface area contributed by atoms with Crippen LogP contribution in [0.3, 0.4) is 0 Å². The third kappa shape index (κ3) is 4.68. The first-order valence-electron chi connectivity index (χ1n) is 10.9. The maximum absolute atomic E-state index is 12.7. The van der Waals surface area contributed by atoms with E-state index < -0.39 is 5.63 Å². The first-order valence-corrected chi connectivity index (χ1v) is 11.3. The highest BCUT2D eigenvalue weighted by Crippen LogP contribution is 2.35. The quantitative estimate of drug-likeness (QED) is 0.363. The molecule has 1 unspecified atom stereocenters. The normalized spacial score (nSPS) is 12.5. The van der Waals surface area contributed by atoms with Crippen molar-refractivity contribution in [2.45, 2.75) is 39.7 Å². The van der Waals surface area contributed by atoms with Crippen LogP contribution in [0.25, 0.3) is 33.1 Å². The van der Waals surface area contributed by atoms with Crippen LogP contribution >= 0.6 is 11.6 Å². The van der Waals surface area contributed by atoms with Crippen molar-refractivity contribution in [3.63, 3.8) is 0 Å². The van der Waals surface area contributed by atoms with Gasteiger partial charge in [-0.05, 0) is 48.6 Å². The third-order valence-electron chi connectivity index (χ3n) is 6.09. The Kier molecular flexibility index (Phi) is 6.58. The van der Waals surface area contributed by atoms with Crippen LogP contribution in [0.2, 0.25) is 5.02 Å². The van der Waals surface area contributed by atoms with E-state index in [1.54, 1.807) is 12.3 Å². The van der Waals surface area contributed by atoms with E-state index in [0.717, 1.165) is 27.5 Å². The Morgan fingerprint density at radius 2 is 1.85 bits per heavy atom. The van der Waals surface area contributed by atoms with Gasteiger partial charge in [0.1, 0.15) is 11.2 Å². The van der Waals surface area contributed by atoms with Gasteiger partial charge in [-0.1, -0.05) is 37.6 Å². The second-order valence-corrected chi connectivity index (χ2v) is 9.03. The van der Waals surface area contributed by atoms with Gasteiger partial charge in [0.25, 0.3) is 0 Å². The SMILES string of the molecule is Cc1c(CCC(=O)NC(CO)C(C)C)c(=O)oc2cc3occ(-c4ccc(Cl)cc4)c3cc12. The van der Waals surface area contributed by atoms with E-state index in [1.165, 1.54) is 0 Å². The van der Waals surface area contributed by atoms with Crippen LogP contribution in [-0.4, -0.2) is 23.7 Å². The fraction of sp³-hybridized carbons (Fsp3) is 0.308. The fourth-order valence-corrected chi connectivity index (χ4v) is 4.12. The first kappa shape index (κ1) is 23.1. The lowest BCUT2D eigenvalue weighted by molar-refractivity contribution is -0.122. The monoisotopic (exact) mass is 467 g/mol. The molecule has 2 N–H and O–H groups in total. The average Bonchev–Trinajstić information content (AvgIpc) is 3.19. The number of benzene rings is 2. The van der Waals surface area contributed by atoms with Crippen LogP contribution in [0.1, 0.15) is 31.4 Å². The summed E-state index contributed by atoms with van der Waals surface area (Å²) in [5.41, 5.74) is 3.73. The predicted octanol–water partition coefficient (Wildman–Crippen LogP) is 5.23. The van der Waals surface area contributed by atoms with Crippen LogP contribution < -0.4 is 10.9 Å². The van der Waals surface area contributed by atoms with Crippen LogP contribution in [0.15, 0.2) is 56.3 Å². The number of aliphatic hydroxyl groups excluding tert-OH is 1. The standard InChI is InChI=1S/C26H26ClNO5/c1-14(2)22(12-29)28-25(30)9-8-18-15(3)19-10-20-21(16-4-6-17(27)7-5-16)13-32-23(20)11-24(19)33-26(18)31/h4-7,10-11,13-14,22,29H,8-9,12H2,1-3H3,(H,28,30). The largest absolute Gasteiger partial charge is 0.464 e. The molecule has 0 aliphatic rings. The minimum atomic E-state index is -0.459. The molecule has 0 saturated carbocycles. The minimum Gasteiger partial charge on any atom is -0.464 e. The number of nitrogens with one attached hydrogen (secondary N) is 1. The first-order chi connectivity index (χ1) is 15.8. The molecular weight excluding hydrogens is 442 g/mol. The zero-order valence-corrected chi connectivity index (χ0v) is 19.5. The molecule has 2 heterocycles. The van der Waals surface area contributed by atoms with Gasteiger partial charge in [-0.25, -0.2) is 4.79 Å². The maximum atomic E-state index is 12.7. The zero-order valence-electron chi connectivity index (χ0n) is 18.8. The number of aliphatic hydroxyl groups is 1. The highest BCUT2D eigenvalue weighted by atomic mass is 35.5. The summed E-state index contributed by atoms with van der Waals surface area (Å²) in [6, 6.07) is 10.9. The number of carbonyl (C=O) groups is 1. The van der Waals surface area contributed by atoms with E-state index in [0.29, 0.717) is 21.8 Å². The lowest BCUT2D eigenvalue weighted by atomic mass is 9.98. The number of carbonyl (C=O) groups excluding carboxylic acids is 1. The number of halogens is 1. The Morgan fingerprint density at radius 3 is 2.52 bits per heavy atom. The Hall–Kier alpha value is -3.09. The van der Waals surface area contributed by atoms with E-state index in [-0.39, 0.29) is 37.3 Å². The highest BCUT2D eigenvalue weighted by molar-refractivity contribution is 6.30. The number of fused-ring (bicyclic) bond motifs is 2. The third-order valence-corrected chi connectivity index (χ3v) is 6.34. The summed E-state index contributed by atoms with van der Waals surface area (Å²) in [7, 11) is 0. The maximum Gasteiger partial charge on any atom is 0.339 e. The number of aryl methyl sites for hydroxylation is 1. The predicted molar refractivity (Wildman–Crippen MR) is 130 cm³/mol. The van der Waals surface area contributed by atoms with E-state index in [1.807, 2.05) is 51.1 Å². The molecule has 2 aromatic carbocycles. The molecule has 0 aliphatic heterocycles. The lowest BCUT2D eigenvalue weighted by Crippen LogP contribution is -2.41. The molecular formula is C26H26ClNO5. The van der Waals surface area contributed by atoms with Crippen molar-refractivity contribution in [1.82, 2.24) is 5.32 Å². The zero-order chi connectivity index (χ0) is 23.7. The van der Waals surface area contributed by atoms with Gasteiger partial charge in [0.15, 0.2) is 0 Å². The molecule has 0 spiro atoms. The molecule has 4 rings (SSSR count). The van der Waals surface area contributed by atoms with Gasteiger partial charge in [0.05, 0.1) is 18.9 Å². The summed E-state index contributed by atoms with van der Waals surface area (Å²) in [6.45, 7) is 5.60. The van der Waals surface area contributed by atoms with Crippen molar-refractivity contribution in [3.8, 4) is 11.1 Å². The van der Waals surface area contributed by atoms with E-state index >= 15 is 0 Å². The number of hydrogen-bond acceptors (Lipinski definition) is 5. The van der Waals surface area contributed by atoms with Crippen molar-refractivity contribution in [1.29, 1.82) is 0 Å². The van der Waals surface area contributed by atoms with Gasteiger partial charge >= 0.3 is 5.63 Å². The van der Waals surface area contributed by atoms with Gasteiger partial charge in [0.2, 0.25) is 5.91 Å². The van der Waals surface area contributed by atoms with Gasteiger partial charge in [-0.3, -0.25) is 4.79 Å². The second-order valence-electron chi connectivity index (χ2n) is 8.59. The molecule has 172 valence electrons. The van der Waals surface area contributed by atoms with Crippen LogP contribution in [0.4, 0.5) is 0 Å². The molecule has 0 fully saturated rings. The Morgan fingerprint density at radius 1 is 1.12 bits per heavy atom. The number of hydrogen-bond donors (Lipinski definition) is 2. The van der Waals surface area contributed by atoms with Crippen molar-refractivity contribution in [3.05, 3.63) is 69.2 Å². The van der Waals surface area contributed by atoms with Crippen LogP contribution in [-0.2, 0) is 11.2 Å². The van der Waals surface area contributed by atoms with Gasteiger partial charge in [-0.15, -0.1) is 0 Å². The molecule has 1 amide bonds. The fourth-order valence-electron chi connectivity index (χ4n) is 3.99. The molecule has 0 bridgehead atoms. The number of amides is 1. The average molecular weight is 468 g/mol. The molecule has 0 radical (unpaired) electrons.